The van der Waals surface area contributed by atoms with Crippen LogP contribution in [0.1, 0.15) is 6.42 Å². The number of nitrogens with zero attached hydrogens (tertiary/aromatic N) is 1. The molecule has 1 saturated heterocycles. The largest absolute Gasteiger partial charge is 0.491 e. The number of halogens is 3. The molecule has 24 heavy (non-hydrogen) atoms. The predicted octanol–water partition coefficient (Wildman–Crippen LogP) is 1.79. The van der Waals surface area contributed by atoms with E-state index in [1.165, 1.54) is 0 Å². The van der Waals surface area contributed by atoms with Gasteiger partial charge in [0.05, 0.1) is 17.2 Å². The van der Waals surface area contributed by atoms with E-state index in [2.05, 4.69) is 10.6 Å². The van der Waals surface area contributed by atoms with E-state index in [9.17, 15) is 9.90 Å². The van der Waals surface area contributed by atoms with E-state index >= 15 is 0 Å². The van der Waals surface area contributed by atoms with Crippen molar-refractivity contribution in [2.75, 3.05) is 39.1 Å². The lowest BCUT2D eigenvalue weighted by atomic mass is 10.2. The normalized spacial score (nSPS) is 19.4. The van der Waals surface area contributed by atoms with Crippen LogP contribution < -0.4 is 15.4 Å². The number of ether oxygens (including phenoxy) is 1. The van der Waals surface area contributed by atoms with Crippen LogP contribution in [0.2, 0.25) is 5.02 Å². The highest BCUT2D eigenvalue weighted by molar-refractivity contribution is 6.32. The molecule has 1 aromatic carbocycles. The van der Waals surface area contributed by atoms with E-state index in [0.29, 0.717) is 36.0 Å². The lowest BCUT2D eigenvalue weighted by Gasteiger charge is -2.14. The van der Waals surface area contributed by atoms with Crippen LogP contribution in [0.3, 0.4) is 0 Å². The Bertz CT molecular complexity index is 532. The smallest absolute Gasteiger partial charge is 0.241 e. The van der Waals surface area contributed by atoms with E-state index in [1.807, 2.05) is 19.0 Å². The Morgan fingerprint density at radius 1 is 1.46 bits per heavy atom. The molecule has 0 aromatic heterocycles. The van der Waals surface area contributed by atoms with Crippen LogP contribution in [0.4, 0.5) is 5.69 Å². The maximum Gasteiger partial charge on any atom is 0.241 e. The molecule has 1 aliphatic rings. The summed E-state index contributed by atoms with van der Waals surface area (Å²) >= 11 is 6.17. The maximum absolute atomic E-state index is 12.0. The minimum atomic E-state index is -0.466. The van der Waals surface area contributed by atoms with Gasteiger partial charge in [-0.3, -0.25) is 4.79 Å². The number of benzene rings is 1. The van der Waals surface area contributed by atoms with Gasteiger partial charge in [0.2, 0.25) is 5.91 Å². The summed E-state index contributed by atoms with van der Waals surface area (Å²) in [6, 6.07) is 4.78. The fourth-order valence-electron chi connectivity index (χ4n) is 2.18. The highest BCUT2D eigenvalue weighted by Crippen LogP contribution is 2.28. The third-order valence-electron chi connectivity index (χ3n) is 3.42. The Morgan fingerprint density at radius 2 is 2.17 bits per heavy atom. The number of likely N-dealkylation sites (N-methyl/N-ethyl adjacent to an activating group) is 1. The third-order valence-corrected chi connectivity index (χ3v) is 3.71. The van der Waals surface area contributed by atoms with Crippen molar-refractivity contribution in [3.63, 3.8) is 0 Å². The molecular weight excluding hydrogens is 377 g/mol. The van der Waals surface area contributed by atoms with Crippen molar-refractivity contribution in [3.8, 4) is 5.75 Å². The van der Waals surface area contributed by atoms with Gasteiger partial charge in [0.25, 0.3) is 0 Å². The molecule has 1 aromatic rings. The third kappa shape index (κ3) is 7.01. The lowest BCUT2D eigenvalue weighted by Crippen LogP contribution is -2.35. The average molecular weight is 401 g/mol. The molecule has 0 bridgehead atoms. The van der Waals surface area contributed by atoms with Crippen molar-refractivity contribution in [1.82, 2.24) is 10.2 Å². The minimum absolute atomic E-state index is 0. The molecule has 6 nitrogen and oxygen atoms in total. The number of anilines is 1. The second-order valence-corrected chi connectivity index (χ2v) is 6.04. The number of aliphatic hydroxyl groups excluding tert-OH is 1. The van der Waals surface area contributed by atoms with Crippen molar-refractivity contribution < 1.29 is 14.6 Å². The standard InChI is InChI=1S/C15H22ClN3O3.2ClH/c1-19(2)5-6-22-14-4-3-10(7-12(14)16)18-15(21)13-8-11(20)9-17-13;;/h3-4,7,11,13,17,20H,5-6,8-9H2,1-2H3,(H,18,21);2*1H. The van der Waals surface area contributed by atoms with E-state index in [1.54, 1.807) is 18.2 Å². The van der Waals surface area contributed by atoms with Gasteiger partial charge in [-0.05, 0) is 38.7 Å². The second-order valence-electron chi connectivity index (χ2n) is 5.64. The Labute approximate surface area is 159 Å². The molecule has 0 radical (unpaired) electrons. The quantitative estimate of drug-likeness (QED) is 0.679. The molecule has 1 fully saturated rings. The summed E-state index contributed by atoms with van der Waals surface area (Å²) in [6.45, 7) is 1.78. The number of carbonyl (C=O) groups excluding carboxylic acids is 1. The number of nitrogens with one attached hydrogen (secondary N) is 2. The molecule has 1 amide bonds. The van der Waals surface area contributed by atoms with E-state index < -0.39 is 6.10 Å². The molecule has 2 unspecified atom stereocenters. The molecule has 2 rings (SSSR count). The van der Waals surface area contributed by atoms with Crippen LogP contribution in [0.25, 0.3) is 0 Å². The monoisotopic (exact) mass is 399 g/mol. The Hall–Kier alpha value is -0.760. The SMILES string of the molecule is CN(C)CCOc1ccc(NC(=O)C2CC(O)CN2)cc1Cl.Cl.Cl. The van der Waals surface area contributed by atoms with Gasteiger partial charge in [0.15, 0.2) is 0 Å². The zero-order valence-electron chi connectivity index (χ0n) is 13.6. The van der Waals surface area contributed by atoms with Crippen LogP contribution in [0.5, 0.6) is 5.75 Å². The van der Waals surface area contributed by atoms with Crippen LogP contribution in [-0.2, 0) is 4.79 Å². The zero-order chi connectivity index (χ0) is 16.1. The summed E-state index contributed by atoms with van der Waals surface area (Å²) in [5.41, 5.74) is 0.609. The first-order valence-corrected chi connectivity index (χ1v) is 7.63. The first-order valence-electron chi connectivity index (χ1n) is 7.25. The maximum atomic E-state index is 12.0. The number of rotatable bonds is 6. The molecule has 9 heteroatoms. The molecule has 2 atom stereocenters. The van der Waals surface area contributed by atoms with Gasteiger partial charge in [-0.1, -0.05) is 11.6 Å². The second kappa shape index (κ2) is 11.0. The van der Waals surface area contributed by atoms with Crippen molar-refractivity contribution in [3.05, 3.63) is 23.2 Å². The topological polar surface area (TPSA) is 73.8 Å². The number of amides is 1. The molecule has 138 valence electrons. The first-order chi connectivity index (χ1) is 10.5. The van der Waals surface area contributed by atoms with Crippen molar-refractivity contribution in [1.29, 1.82) is 0 Å². The first kappa shape index (κ1) is 23.2. The fraction of sp³-hybridized carbons (Fsp3) is 0.533. The van der Waals surface area contributed by atoms with Gasteiger partial charge in [-0.15, -0.1) is 24.8 Å². The molecular formula is C15H24Cl3N3O3. The number of β-amino-alcohol motifs (C(OH)–C–C–N with tert-alkyl or cyclic N) is 1. The van der Waals surface area contributed by atoms with Crippen molar-refractivity contribution in [2.24, 2.45) is 0 Å². The fourth-order valence-corrected chi connectivity index (χ4v) is 2.42. The number of hydrogen-bond donors (Lipinski definition) is 3. The summed E-state index contributed by atoms with van der Waals surface area (Å²) in [4.78, 5) is 14.1. The van der Waals surface area contributed by atoms with Crippen molar-refractivity contribution >= 4 is 48.0 Å². The van der Waals surface area contributed by atoms with E-state index in [-0.39, 0.29) is 36.8 Å². The molecule has 1 heterocycles. The van der Waals surface area contributed by atoms with Gasteiger partial charge >= 0.3 is 0 Å². The van der Waals surface area contributed by atoms with Crippen LogP contribution in [-0.4, -0.2) is 61.9 Å². The predicted molar refractivity (Wildman–Crippen MR) is 101 cm³/mol. The Morgan fingerprint density at radius 3 is 2.71 bits per heavy atom. The number of aliphatic hydroxyl groups is 1. The highest BCUT2D eigenvalue weighted by Gasteiger charge is 2.28. The van der Waals surface area contributed by atoms with Gasteiger partial charge in [-0.25, -0.2) is 0 Å². The van der Waals surface area contributed by atoms with E-state index in [0.717, 1.165) is 6.54 Å². The van der Waals surface area contributed by atoms with Crippen LogP contribution >= 0.6 is 36.4 Å². The molecule has 1 aliphatic heterocycles. The number of hydrogen-bond acceptors (Lipinski definition) is 5. The molecule has 0 spiro atoms. The van der Waals surface area contributed by atoms with Gasteiger partial charge < -0.3 is 25.4 Å². The summed E-state index contributed by atoms with van der Waals surface area (Å²) in [6.07, 6.45) is -0.0440. The molecule has 3 N–H and O–H groups in total. The summed E-state index contributed by atoms with van der Waals surface area (Å²) in [5.74, 6) is 0.421. The van der Waals surface area contributed by atoms with Gasteiger partial charge in [0.1, 0.15) is 12.4 Å². The van der Waals surface area contributed by atoms with Crippen LogP contribution in [0.15, 0.2) is 18.2 Å². The zero-order valence-corrected chi connectivity index (χ0v) is 16.0. The highest BCUT2D eigenvalue weighted by atomic mass is 35.5. The average Bonchev–Trinajstić information content (AvgIpc) is 2.87. The van der Waals surface area contributed by atoms with Crippen molar-refractivity contribution in [2.45, 2.75) is 18.6 Å². The summed E-state index contributed by atoms with van der Waals surface area (Å²) in [7, 11) is 3.94. The minimum Gasteiger partial charge on any atom is -0.491 e. The Balaban J connectivity index is 0.00000264. The van der Waals surface area contributed by atoms with Gasteiger partial charge in [-0.2, -0.15) is 0 Å². The lowest BCUT2D eigenvalue weighted by molar-refractivity contribution is -0.117. The van der Waals surface area contributed by atoms with Gasteiger partial charge in [0, 0.05) is 18.8 Å². The van der Waals surface area contributed by atoms with E-state index in [4.69, 9.17) is 16.3 Å². The molecule has 0 saturated carbocycles. The van der Waals surface area contributed by atoms with Crippen LogP contribution in [0, 0.1) is 0 Å². The number of carbonyl (C=O) groups is 1. The summed E-state index contributed by atoms with van der Waals surface area (Å²) in [5, 5.41) is 15.6. The molecule has 0 aliphatic carbocycles. The Kier molecular flexibility index (Phi) is 10.6. The summed E-state index contributed by atoms with van der Waals surface area (Å²) < 4.78 is 5.59.